The van der Waals surface area contributed by atoms with Crippen LogP contribution < -0.4 is 5.73 Å². The van der Waals surface area contributed by atoms with Crippen LogP contribution in [-0.4, -0.2) is 44.4 Å². The average Bonchev–Trinajstić information content (AvgIpc) is 2.47. The normalized spacial score (nSPS) is 20.2. The molecule has 0 amide bonds. The van der Waals surface area contributed by atoms with Crippen LogP contribution in [0.2, 0.25) is 0 Å². The topological polar surface area (TPSA) is 89.7 Å². The zero-order valence-electron chi connectivity index (χ0n) is 12.0. The van der Waals surface area contributed by atoms with E-state index in [-0.39, 0.29) is 17.5 Å². The molecule has 0 aliphatic carbocycles. The number of nitrogens with zero attached hydrogens (tertiary/aromatic N) is 1. The van der Waals surface area contributed by atoms with Gasteiger partial charge in [-0.2, -0.15) is 4.31 Å². The Morgan fingerprint density at radius 1 is 1.38 bits per heavy atom. The fourth-order valence-corrected chi connectivity index (χ4v) is 3.85. The van der Waals surface area contributed by atoms with Crippen LogP contribution in [0, 0.1) is 0 Å². The van der Waals surface area contributed by atoms with Crippen LogP contribution in [0.3, 0.4) is 0 Å². The summed E-state index contributed by atoms with van der Waals surface area (Å²) in [6, 6.07) is 5.68. The van der Waals surface area contributed by atoms with Crippen LogP contribution in [0.25, 0.3) is 0 Å². The Kier molecular flexibility index (Phi) is 4.97. The van der Waals surface area contributed by atoms with Crippen molar-refractivity contribution in [2.75, 3.05) is 19.7 Å². The molecule has 1 aromatic carbocycles. The van der Waals surface area contributed by atoms with Crippen molar-refractivity contribution in [3.05, 3.63) is 29.8 Å². The van der Waals surface area contributed by atoms with E-state index in [0.717, 1.165) is 12.8 Å². The number of piperidine rings is 1. The van der Waals surface area contributed by atoms with Crippen molar-refractivity contribution in [1.82, 2.24) is 4.31 Å². The Balaban J connectivity index is 2.19. The summed E-state index contributed by atoms with van der Waals surface area (Å²) in [5.41, 5.74) is 6.17. The number of hydrogen-bond donors (Lipinski definition) is 1. The zero-order valence-corrected chi connectivity index (χ0v) is 12.8. The number of hydrogen-bond acceptors (Lipinski definition) is 5. The number of rotatable bonds is 4. The molecule has 0 aromatic heterocycles. The van der Waals surface area contributed by atoms with E-state index in [0.29, 0.717) is 18.7 Å². The summed E-state index contributed by atoms with van der Waals surface area (Å²) < 4.78 is 31.3. The van der Waals surface area contributed by atoms with Crippen LogP contribution in [0.15, 0.2) is 29.2 Å². The largest absolute Gasteiger partial charge is 0.462 e. The standard InChI is InChI=1S/C14H20N2O4S/c1-2-20-14(17)11-5-7-13(8-6-11)21(18,19)16-9-3-4-12(15)10-16/h5-8,12H,2-4,9-10,15H2,1H3. The average molecular weight is 312 g/mol. The smallest absolute Gasteiger partial charge is 0.338 e. The second-order valence-electron chi connectivity index (χ2n) is 5.01. The highest BCUT2D eigenvalue weighted by Gasteiger charge is 2.28. The third-order valence-corrected chi connectivity index (χ3v) is 5.30. The number of carbonyl (C=O) groups is 1. The molecule has 0 bridgehead atoms. The van der Waals surface area contributed by atoms with Gasteiger partial charge in [0.25, 0.3) is 0 Å². The van der Waals surface area contributed by atoms with Crippen molar-refractivity contribution in [3.63, 3.8) is 0 Å². The predicted molar refractivity (Wildman–Crippen MR) is 78.4 cm³/mol. The number of carbonyl (C=O) groups excluding carboxylic acids is 1. The quantitative estimate of drug-likeness (QED) is 0.837. The first-order valence-corrected chi connectivity index (χ1v) is 8.42. The molecule has 1 aromatic rings. The molecule has 6 nitrogen and oxygen atoms in total. The minimum absolute atomic E-state index is 0.118. The lowest BCUT2D eigenvalue weighted by Crippen LogP contribution is -2.45. The number of sulfonamides is 1. The van der Waals surface area contributed by atoms with Gasteiger partial charge in [0, 0.05) is 19.1 Å². The molecular weight excluding hydrogens is 292 g/mol. The van der Waals surface area contributed by atoms with E-state index in [2.05, 4.69) is 0 Å². The Morgan fingerprint density at radius 3 is 2.62 bits per heavy atom. The van der Waals surface area contributed by atoms with Gasteiger partial charge in [0.15, 0.2) is 0 Å². The highest BCUT2D eigenvalue weighted by Crippen LogP contribution is 2.20. The highest BCUT2D eigenvalue weighted by atomic mass is 32.2. The van der Waals surface area contributed by atoms with Crippen molar-refractivity contribution in [2.24, 2.45) is 5.73 Å². The maximum absolute atomic E-state index is 12.5. The lowest BCUT2D eigenvalue weighted by atomic mass is 10.1. The number of benzene rings is 1. The monoisotopic (exact) mass is 312 g/mol. The predicted octanol–water partition coefficient (Wildman–Crippen LogP) is 0.975. The first-order valence-electron chi connectivity index (χ1n) is 6.98. The molecule has 1 aliphatic rings. The van der Waals surface area contributed by atoms with Crippen LogP contribution in [0.1, 0.15) is 30.1 Å². The van der Waals surface area contributed by atoms with Crippen LogP contribution in [-0.2, 0) is 14.8 Å². The molecule has 1 aliphatic heterocycles. The summed E-state index contributed by atoms with van der Waals surface area (Å²) in [4.78, 5) is 11.7. The number of esters is 1. The minimum Gasteiger partial charge on any atom is -0.462 e. The molecule has 1 atom stereocenters. The van der Waals surface area contributed by atoms with Crippen molar-refractivity contribution in [2.45, 2.75) is 30.7 Å². The van der Waals surface area contributed by atoms with Gasteiger partial charge in [0.05, 0.1) is 17.1 Å². The Morgan fingerprint density at radius 2 is 2.05 bits per heavy atom. The second-order valence-corrected chi connectivity index (χ2v) is 6.95. The van der Waals surface area contributed by atoms with E-state index in [1.807, 2.05) is 0 Å². The second kappa shape index (κ2) is 6.55. The van der Waals surface area contributed by atoms with Crippen LogP contribution >= 0.6 is 0 Å². The van der Waals surface area contributed by atoms with Gasteiger partial charge >= 0.3 is 5.97 Å². The molecule has 1 fully saturated rings. The number of ether oxygens (including phenoxy) is 1. The molecule has 1 heterocycles. The summed E-state index contributed by atoms with van der Waals surface area (Å²) in [6.45, 7) is 2.82. The number of nitrogens with two attached hydrogens (primary N) is 1. The van der Waals surface area contributed by atoms with Crippen LogP contribution in [0.5, 0.6) is 0 Å². The summed E-state index contributed by atoms with van der Waals surface area (Å²) in [6.07, 6.45) is 1.61. The fraction of sp³-hybridized carbons (Fsp3) is 0.500. The Labute approximate surface area is 124 Å². The van der Waals surface area contributed by atoms with Gasteiger partial charge in [0.1, 0.15) is 0 Å². The molecule has 1 saturated heterocycles. The van der Waals surface area contributed by atoms with Gasteiger partial charge in [-0.15, -0.1) is 0 Å². The van der Waals surface area contributed by atoms with Crippen molar-refractivity contribution in [3.8, 4) is 0 Å². The molecule has 2 N–H and O–H groups in total. The molecule has 0 spiro atoms. The molecule has 116 valence electrons. The Hall–Kier alpha value is -1.44. The summed E-state index contributed by atoms with van der Waals surface area (Å²) in [5, 5.41) is 0. The van der Waals surface area contributed by atoms with E-state index in [4.69, 9.17) is 10.5 Å². The SMILES string of the molecule is CCOC(=O)c1ccc(S(=O)(=O)N2CCCC(N)C2)cc1. The van der Waals surface area contributed by atoms with Crippen molar-refractivity contribution < 1.29 is 17.9 Å². The van der Waals surface area contributed by atoms with Crippen molar-refractivity contribution in [1.29, 1.82) is 0 Å². The van der Waals surface area contributed by atoms with E-state index in [1.54, 1.807) is 6.92 Å². The van der Waals surface area contributed by atoms with Gasteiger partial charge in [-0.25, -0.2) is 13.2 Å². The first kappa shape index (κ1) is 15.9. The lowest BCUT2D eigenvalue weighted by molar-refractivity contribution is 0.0526. The summed E-state index contributed by atoms with van der Waals surface area (Å²) in [5.74, 6) is -0.457. The third kappa shape index (κ3) is 3.61. The van der Waals surface area contributed by atoms with E-state index in [9.17, 15) is 13.2 Å². The molecular formula is C14H20N2O4S. The molecule has 7 heteroatoms. The molecule has 0 saturated carbocycles. The first-order chi connectivity index (χ1) is 9.95. The van der Waals surface area contributed by atoms with Gasteiger partial charge in [-0.05, 0) is 44.0 Å². The van der Waals surface area contributed by atoms with Gasteiger partial charge in [-0.1, -0.05) is 0 Å². The zero-order chi connectivity index (χ0) is 15.5. The summed E-state index contributed by atoms with van der Waals surface area (Å²) >= 11 is 0. The minimum atomic E-state index is -3.55. The lowest BCUT2D eigenvalue weighted by Gasteiger charge is -2.29. The molecule has 0 radical (unpaired) electrons. The third-order valence-electron chi connectivity index (χ3n) is 3.42. The summed E-state index contributed by atoms with van der Waals surface area (Å²) in [7, 11) is -3.55. The fourth-order valence-electron chi connectivity index (χ4n) is 2.32. The molecule has 2 rings (SSSR count). The van der Waals surface area contributed by atoms with Gasteiger partial charge < -0.3 is 10.5 Å². The Bertz CT molecular complexity index is 598. The van der Waals surface area contributed by atoms with Gasteiger partial charge in [-0.3, -0.25) is 0 Å². The van der Waals surface area contributed by atoms with Crippen molar-refractivity contribution >= 4 is 16.0 Å². The van der Waals surface area contributed by atoms with E-state index < -0.39 is 16.0 Å². The maximum atomic E-state index is 12.5. The van der Waals surface area contributed by atoms with Crippen LogP contribution in [0.4, 0.5) is 0 Å². The molecule has 21 heavy (non-hydrogen) atoms. The highest BCUT2D eigenvalue weighted by molar-refractivity contribution is 7.89. The van der Waals surface area contributed by atoms with Gasteiger partial charge in [0.2, 0.25) is 10.0 Å². The molecule has 1 unspecified atom stereocenters. The maximum Gasteiger partial charge on any atom is 0.338 e. The van der Waals surface area contributed by atoms with E-state index >= 15 is 0 Å². The van der Waals surface area contributed by atoms with E-state index in [1.165, 1.54) is 28.6 Å².